The smallest absolute Gasteiger partial charge is 0.0727 e. The summed E-state index contributed by atoms with van der Waals surface area (Å²) in [6.45, 7) is 8.93. The number of aromatic nitrogens is 1. The second-order valence-corrected chi connectivity index (χ2v) is 6.40. The fraction of sp³-hybridized carbons (Fsp3) is 0.438. The van der Waals surface area contributed by atoms with Crippen molar-refractivity contribution in [2.75, 3.05) is 23.7 Å². The maximum Gasteiger partial charge on any atom is 0.0727 e. The van der Waals surface area contributed by atoms with Crippen molar-refractivity contribution in [1.29, 1.82) is 0 Å². The number of pyridine rings is 1. The number of benzene rings is 1. The van der Waals surface area contributed by atoms with Gasteiger partial charge in [-0.2, -0.15) is 0 Å². The van der Waals surface area contributed by atoms with Gasteiger partial charge in [0, 0.05) is 35.5 Å². The standard InChI is InChI=1S/C16H21N3/c1-11-8-15(19-7-6-16(2,3)10-19)13-9-12(17)4-5-14(13)18-11/h4-5,8-9H,6-7,10,17H2,1-3H3. The maximum atomic E-state index is 5.94. The van der Waals surface area contributed by atoms with Gasteiger partial charge in [0.1, 0.15) is 0 Å². The third kappa shape index (κ3) is 2.25. The van der Waals surface area contributed by atoms with E-state index in [1.807, 2.05) is 18.2 Å². The molecule has 2 heterocycles. The van der Waals surface area contributed by atoms with E-state index in [0.29, 0.717) is 5.41 Å². The van der Waals surface area contributed by atoms with E-state index < -0.39 is 0 Å². The molecule has 3 rings (SSSR count). The number of hydrogen-bond donors (Lipinski definition) is 1. The van der Waals surface area contributed by atoms with Gasteiger partial charge in [-0.1, -0.05) is 13.8 Å². The first-order chi connectivity index (χ1) is 8.94. The van der Waals surface area contributed by atoms with Crippen LogP contribution >= 0.6 is 0 Å². The van der Waals surface area contributed by atoms with Crippen molar-refractivity contribution in [3.05, 3.63) is 30.0 Å². The lowest BCUT2D eigenvalue weighted by molar-refractivity contribution is 0.418. The van der Waals surface area contributed by atoms with Crippen LogP contribution in [0.2, 0.25) is 0 Å². The molecule has 0 atom stereocenters. The molecule has 0 amide bonds. The molecule has 1 aliphatic heterocycles. The highest BCUT2D eigenvalue weighted by Gasteiger charge is 2.30. The summed E-state index contributed by atoms with van der Waals surface area (Å²) in [6, 6.07) is 8.17. The van der Waals surface area contributed by atoms with Crippen LogP contribution in [0.1, 0.15) is 26.0 Å². The Hall–Kier alpha value is -1.77. The van der Waals surface area contributed by atoms with Gasteiger partial charge in [0.05, 0.1) is 5.52 Å². The van der Waals surface area contributed by atoms with Crippen molar-refractivity contribution in [3.8, 4) is 0 Å². The number of fused-ring (bicyclic) bond motifs is 1. The molecular formula is C16H21N3. The maximum absolute atomic E-state index is 5.94. The molecule has 2 aromatic rings. The molecule has 19 heavy (non-hydrogen) atoms. The van der Waals surface area contributed by atoms with Gasteiger partial charge in [0.15, 0.2) is 0 Å². The second kappa shape index (κ2) is 4.12. The Balaban J connectivity index is 2.14. The first-order valence-corrected chi connectivity index (χ1v) is 6.86. The summed E-state index contributed by atoms with van der Waals surface area (Å²) in [5.74, 6) is 0. The zero-order chi connectivity index (χ0) is 13.6. The molecule has 0 saturated carbocycles. The minimum atomic E-state index is 0.393. The van der Waals surface area contributed by atoms with E-state index in [-0.39, 0.29) is 0 Å². The lowest BCUT2D eigenvalue weighted by Gasteiger charge is -2.23. The second-order valence-electron chi connectivity index (χ2n) is 6.40. The number of nitrogen functional groups attached to an aromatic ring is 1. The monoisotopic (exact) mass is 255 g/mol. The summed E-state index contributed by atoms with van der Waals surface area (Å²) in [7, 11) is 0. The van der Waals surface area contributed by atoms with E-state index in [2.05, 4.69) is 36.7 Å². The molecule has 3 nitrogen and oxygen atoms in total. The largest absolute Gasteiger partial charge is 0.399 e. The Labute approximate surface area is 114 Å². The zero-order valence-electron chi connectivity index (χ0n) is 11.9. The van der Waals surface area contributed by atoms with E-state index in [0.717, 1.165) is 30.0 Å². The summed E-state index contributed by atoms with van der Waals surface area (Å²) in [5, 5.41) is 1.17. The highest BCUT2D eigenvalue weighted by molar-refractivity contribution is 5.94. The van der Waals surface area contributed by atoms with Crippen molar-refractivity contribution in [3.63, 3.8) is 0 Å². The lowest BCUT2D eigenvalue weighted by Crippen LogP contribution is -2.23. The first kappa shape index (κ1) is 12.3. The SMILES string of the molecule is Cc1cc(N2CCC(C)(C)C2)c2cc(N)ccc2n1. The highest BCUT2D eigenvalue weighted by Crippen LogP contribution is 2.36. The van der Waals surface area contributed by atoms with Crippen LogP contribution in [0.5, 0.6) is 0 Å². The van der Waals surface area contributed by atoms with Crippen molar-refractivity contribution in [1.82, 2.24) is 4.98 Å². The summed E-state index contributed by atoms with van der Waals surface area (Å²) in [6.07, 6.45) is 1.23. The number of anilines is 2. The van der Waals surface area contributed by atoms with Gasteiger partial charge in [-0.15, -0.1) is 0 Å². The average Bonchev–Trinajstić information content (AvgIpc) is 2.69. The predicted molar refractivity (Wildman–Crippen MR) is 81.5 cm³/mol. The number of rotatable bonds is 1. The van der Waals surface area contributed by atoms with Gasteiger partial charge in [-0.25, -0.2) is 0 Å². The van der Waals surface area contributed by atoms with Gasteiger partial charge in [-0.05, 0) is 43.0 Å². The van der Waals surface area contributed by atoms with Crippen molar-refractivity contribution in [2.45, 2.75) is 27.2 Å². The van der Waals surface area contributed by atoms with Gasteiger partial charge >= 0.3 is 0 Å². The van der Waals surface area contributed by atoms with Gasteiger partial charge in [-0.3, -0.25) is 4.98 Å². The molecule has 2 N–H and O–H groups in total. The Morgan fingerprint density at radius 3 is 2.74 bits per heavy atom. The molecule has 1 saturated heterocycles. The van der Waals surface area contributed by atoms with Crippen LogP contribution in [0, 0.1) is 12.3 Å². The highest BCUT2D eigenvalue weighted by atomic mass is 15.2. The molecule has 0 aliphatic carbocycles. The molecule has 3 heteroatoms. The number of nitrogens with zero attached hydrogens (tertiary/aromatic N) is 2. The van der Waals surface area contributed by atoms with Crippen LogP contribution in [-0.4, -0.2) is 18.1 Å². The molecule has 1 fully saturated rings. The van der Waals surface area contributed by atoms with E-state index in [4.69, 9.17) is 5.73 Å². The van der Waals surface area contributed by atoms with E-state index in [1.54, 1.807) is 0 Å². The van der Waals surface area contributed by atoms with Crippen LogP contribution in [0.3, 0.4) is 0 Å². The van der Waals surface area contributed by atoms with Crippen molar-refractivity contribution >= 4 is 22.3 Å². The summed E-state index contributed by atoms with van der Waals surface area (Å²) >= 11 is 0. The van der Waals surface area contributed by atoms with Crippen LogP contribution in [-0.2, 0) is 0 Å². The minimum absolute atomic E-state index is 0.393. The van der Waals surface area contributed by atoms with E-state index in [9.17, 15) is 0 Å². The fourth-order valence-electron chi connectivity index (χ4n) is 2.93. The minimum Gasteiger partial charge on any atom is -0.399 e. The summed E-state index contributed by atoms with van der Waals surface area (Å²) in [4.78, 5) is 7.07. The Morgan fingerprint density at radius 1 is 1.26 bits per heavy atom. The zero-order valence-corrected chi connectivity index (χ0v) is 11.9. The Morgan fingerprint density at radius 2 is 2.05 bits per heavy atom. The van der Waals surface area contributed by atoms with Crippen LogP contribution in [0.4, 0.5) is 11.4 Å². The van der Waals surface area contributed by atoms with Crippen molar-refractivity contribution < 1.29 is 0 Å². The van der Waals surface area contributed by atoms with E-state index in [1.165, 1.54) is 17.5 Å². The molecular weight excluding hydrogens is 234 g/mol. The Kier molecular flexibility index (Phi) is 2.66. The summed E-state index contributed by atoms with van der Waals surface area (Å²) < 4.78 is 0. The van der Waals surface area contributed by atoms with Gasteiger partial charge in [0.2, 0.25) is 0 Å². The van der Waals surface area contributed by atoms with Crippen LogP contribution < -0.4 is 10.6 Å². The van der Waals surface area contributed by atoms with E-state index >= 15 is 0 Å². The van der Waals surface area contributed by atoms with Gasteiger partial charge < -0.3 is 10.6 Å². The third-order valence-corrected chi connectivity index (χ3v) is 3.96. The molecule has 100 valence electrons. The van der Waals surface area contributed by atoms with Crippen molar-refractivity contribution in [2.24, 2.45) is 5.41 Å². The first-order valence-electron chi connectivity index (χ1n) is 6.86. The fourth-order valence-corrected chi connectivity index (χ4v) is 2.93. The lowest BCUT2D eigenvalue weighted by atomic mass is 9.93. The molecule has 0 bridgehead atoms. The van der Waals surface area contributed by atoms with Crippen LogP contribution in [0.25, 0.3) is 10.9 Å². The molecule has 0 radical (unpaired) electrons. The normalized spacial score (nSPS) is 18.2. The average molecular weight is 255 g/mol. The van der Waals surface area contributed by atoms with Gasteiger partial charge in [0.25, 0.3) is 0 Å². The third-order valence-electron chi connectivity index (χ3n) is 3.96. The predicted octanol–water partition coefficient (Wildman–Crippen LogP) is 3.36. The molecule has 1 aliphatic rings. The number of nitrogens with two attached hydrogens (primary N) is 1. The quantitative estimate of drug-likeness (QED) is 0.794. The molecule has 0 spiro atoms. The molecule has 1 aromatic carbocycles. The summed E-state index contributed by atoms with van der Waals surface area (Å²) in [5.41, 5.74) is 10.5. The van der Waals surface area contributed by atoms with Crippen LogP contribution in [0.15, 0.2) is 24.3 Å². The Bertz CT molecular complexity index is 631. The molecule has 1 aromatic heterocycles. The number of hydrogen-bond acceptors (Lipinski definition) is 3. The topological polar surface area (TPSA) is 42.1 Å². The molecule has 0 unspecified atom stereocenters. The number of aryl methyl sites for hydroxylation is 1.